The van der Waals surface area contributed by atoms with Crippen LogP contribution in [0.5, 0.6) is 0 Å². The number of nitrogens with zero attached hydrogens (tertiary/aromatic N) is 2. The topological polar surface area (TPSA) is 62.7 Å². The molecule has 0 aliphatic carbocycles. The normalized spacial score (nSPS) is 16.8. The van der Waals surface area contributed by atoms with E-state index < -0.39 is 15.1 Å². The number of rotatable bonds is 4. The Hall–Kier alpha value is -1.66. The molecule has 0 fully saturated rings. The van der Waals surface area contributed by atoms with Gasteiger partial charge in [-0.1, -0.05) is 26.8 Å². The van der Waals surface area contributed by atoms with Crippen molar-refractivity contribution in [2.24, 2.45) is 5.41 Å². The Bertz CT molecular complexity index is 665. The van der Waals surface area contributed by atoms with Gasteiger partial charge in [0, 0.05) is 19.3 Å². The van der Waals surface area contributed by atoms with E-state index in [2.05, 4.69) is 46.9 Å². The molecule has 1 atom stereocenters. The van der Waals surface area contributed by atoms with Gasteiger partial charge in [-0.05, 0) is 54.6 Å². The number of hydrogen-bond donors (Lipinski definition) is 1. The first-order chi connectivity index (χ1) is 11.6. The van der Waals surface area contributed by atoms with E-state index >= 15 is 0 Å². The van der Waals surface area contributed by atoms with E-state index in [4.69, 9.17) is 14.5 Å². The van der Waals surface area contributed by atoms with E-state index in [0.29, 0.717) is 13.1 Å². The minimum Gasteiger partial charge on any atom is -0.465 e. The zero-order valence-electron chi connectivity index (χ0n) is 16.1. The highest BCUT2D eigenvalue weighted by molar-refractivity contribution is 6.48. The standard InChI is InChI=1S/C19H29N2O3Si/c1-13-11-15(14-7-9-21(10-8-14)18(22)23)12-20-16(13)17(19(2,3)4)24-25(5)6/h7,11-12,17H,8-10H2,1-6H3,(H,22,23). The summed E-state index contributed by atoms with van der Waals surface area (Å²) in [5.41, 5.74) is 4.36. The second kappa shape index (κ2) is 7.70. The summed E-state index contributed by atoms with van der Waals surface area (Å²) >= 11 is 0. The van der Waals surface area contributed by atoms with Crippen LogP contribution in [-0.4, -0.2) is 43.2 Å². The third-order valence-electron chi connectivity index (χ3n) is 4.36. The molecule has 1 amide bonds. The molecule has 0 saturated carbocycles. The Morgan fingerprint density at radius 1 is 1.40 bits per heavy atom. The lowest BCUT2D eigenvalue weighted by atomic mass is 9.85. The molecule has 5 nitrogen and oxygen atoms in total. The van der Waals surface area contributed by atoms with Crippen molar-refractivity contribution in [3.63, 3.8) is 0 Å². The highest BCUT2D eigenvalue weighted by atomic mass is 28.3. The summed E-state index contributed by atoms with van der Waals surface area (Å²) in [7, 11) is -0.836. The third kappa shape index (κ3) is 4.92. The molecule has 0 aromatic carbocycles. The maximum absolute atomic E-state index is 11.0. The van der Waals surface area contributed by atoms with E-state index in [1.54, 1.807) is 0 Å². The SMILES string of the molecule is Cc1cc(C2=CCN(C(=O)O)CC2)cnc1C(O[Si](C)C)C(C)(C)C. The van der Waals surface area contributed by atoms with Crippen LogP contribution >= 0.6 is 0 Å². The van der Waals surface area contributed by atoms with E-state index in [1.165, 1.54) is 10.5 Å². The first-order valence-electron chi connectivity index (χ1n) is 8.70. The van der Waals surface area contributed by atoms with Gasteiger partial charge in [0.25, 0.3) is 0 Å². The first kappa shape index (κ1) is 19.7. The van der Waals surface area contributed by atoms with Crippen LogP contribution in [-0.2, 0) is 4.43 Å². The molecule has 1 aromatic heterocycles. The molecule has 1 unspecified atom stereocenters. The average Bonchev–Trinajstić information content (AvgIpc) is 2.52. The molecule has 1 radical (unpaired) electrons. The fourth-order valence-corrected chi connectivity index (χ4v) is 3.96. The van der Waals surface area contributed by atoms with Crippen molar-refractivity contribution < 1.29 is 14.3 Å². The van der Waals surface area contributed by atoms with Gasteiger partial charge in [0.1, 0.15) is 0 Å². The number of carboxylic acid groups (broad SMARTS) is 1. The largest absolute Gasteiger partial charge is 0.465 e. The van der Waals surface area contributed by atoms with Gasteiger partial charge >= 0.3 is 6.09 Å². The summed E-state index contributed by atoms with van der Waals surface area (Å²) in [4.78, 5) is 17.2. The van der Waals surface area contributed by atoms with Crippen LogP contribution < -0.4 is 0 Å². The summed E-state index contributed by atoms with van der Waals surface area (Å²) in [6.07, 6.45) is 3.74. The molecule has 0 bridgehead atoms. The summed E-state index contributed by atoms with van der Waals surface area (Å²) in [5, 5.41) is 9.06. The zero-order chi connectivity index (χ0) is 18.8. The second-order valence-electron chi connectivity index (χ2n) is 7.91. The Balaban J connectivity index is 2.27. The lowest BCUT2D eigenvalue weighted by Crippen LogP contribution is -2.33. The zero-order valence-corrected chi connectivity index (χ0v) is 17.1. The van der Waals surface area contributed by atoms with Crippen LogP contribution in [0, 0.1) is 12.3 Å². The second-order valence-corrected chi connectivity index (χ2v) is 9.96. The lowest BCUT2D eigenvalue weighted by molar-refractivity contribution is 0.0821. The number of amides is 1. The quantitative estimate of drug-likeness (QED) is 0.801. The van der Waals surface area contributed by atoms with Crippen molar-refractivity contribution in [1.29, 1.82) is 0 Å². The number of aromatic nitrogens is 1. The van der Waals surface area contributed by atoms with Gasteiger partial charge in [0.15, 0.2) is 0 Å². The van der Waals surface area contributed by atoms with Crippen LogP contribution in [0.25, 0.3) is 5.57 Å². The van der Waals surface area contributed by atoms with Gasteiger partial charge in [-0.3, -0.25) is 4.98 Å². The number of pyridine rings is 1. The molecule has 1 aromatic rings. The van der Waals surface area contributed by atoms with Crippen LogP contribution in [0.4, 0.5) is 4.79 Å². The predicted octanol–water partition coefficient (Wildman–Crippen LogP) is 4.51. The van der Waals surface area contributed by atoms with Gasteiger partial charge in [0.2, 0.25) is 9.04 Å². The summed E-state index contributed by atoms with van der Waals surface area (Å²) in [5.74, 6) is 0. The third-order valence-corrected chi connectivity index (χ3v) is 5.06. The predicted molar refractivity (Wildman–Crippen MR) is 102 cm³/mol. The number of aryl methyl sites for hydroxylation is 1. The molecule has 2 heterocycles. The Labute approximate surface area is 152 Å². The fraction of sp³-hybridized carbons (Fsp3) is 0.579. The smallest absolute Gasteiger partial charge is 0.407 e. The average molecular weight is 362 g/mol. The van der Waals surface area contributed by atoms with Gasteiger partial charge in [0.05, 0.1) is 11.8 Å². The van der Waals surface area contributed by atoms with Crippen molar-refractivity contribution in [1.82, 2.24) is 9.88 Å². The molecule has 137 valence electrons. The van der Waals surface area contributed by atoms with Crippen molar-refractivity contribution in [2.45, 2.75) is 53.3 Å². The summed E-state index contributed by atoms with van der Waals surface area (Å²) < 4.78 is 6.26. The minimum atomic E-state index is -0.859. The van der Waals surface area contributed by atoms with E-state index in [9.17, 15) is 4.79 Å². The summed E-state index contributed by atoms with van der Waals surface area (Å²) in [6, 6.07) is 2.16. The van der Waals surface area contributed by atoms with Gasteiger partial charge in [-0.25, -0.2) is 4.79 Å². The number of carbonyl (C=O) groups is 1. The van der Waals surface area contributed by atoms with Crippen LogP contribution in [0.2, 0.25) is 13.1 Å². The van der Waals surface area contributed by atoms with Crippen LogP contribution in [0.15, 0.2) is 18.3 Å². The minimum absolute atomic E-state index is 0.0201. The lowest BCUT2D eigenvalue weighted by Gasteiger charge is -2.33. The monoisotopic (exact) mass is 361 g/mol. The highest BCUT2D eigenvalue weighted by Gasteiger charge is 2.30. The molecular weight excluding hydrogens is 332 g/mol. The fourth-order valence-electron chi connectivity index (χ4n) is 3.02. The molecule has 1 aliphatic rings. The maximum atomic E-state index is 11.0. The van der Waals surface area contributed by atoms with Crippen LogP contribution in [0.1, 0.15) is 50.1 Å². The first-order valence-corrected chi connectivity index (χ1v) is 11.1. The highest BCUT2D eigenvalue weighted by Crippen LogP contribution is 2.37. The van der Waals surface area contributed by atoms with Gasteiger partial charge in [-0.15, -0.1) is 0 Å². The van der Waals surface area contributed by atoms with E-state index in [-0.39, 0.29) is 11.5 Å². The Morgan fingerprint density at radius 2 is 2.08 bits per heavy atom. The molecular formula is C19H29N2O3Si. The molecule has 1 N–H and O–H groups in total. The maximum Gasteiger partial charge on any atom is 0.407 e. The molecule has 0 spiro atoms. The van der Waals surface area contributed by atoms with Crippen molar-refractivity contribution in [3.8, 4) is 0 Å². The van der Waals surface area contributed by atoms with E-state index in [0.717, 1.165) is 23.2 Å². The molecule has 25 heavy (non-hydrogen) atoms. The summed E-state index contributed by atoms with van der Waals surface area (Å²) in [6.45, 7) is 13.9. The van der Waals surface area contributed by atoms with E-state index in [1.807, 2.05) is 12.3 Å². The molecule has 1 aliphatic heterocycles. The molecule has 0 saturated heterocycles. The molecule has 6 heteroatoms. The van der Waals surface area contributed by atoms with Crippen LogP contribution in [0.3, 0.4) is 0 Å². The Morgan fingerprint density at radius 3 is 2.52 bits per heavy atom. The van der Waals surface area contributed by atoms with Crippen molar-refractivity contribution in [3.05, 3.63) is 35.2 Å². The molecule has 2 rings (SSSR count). The number of hydrogen-bond acceptors (Lipinski definition) is 3. The van der Waals surface area contributed by atoms with Crippen molar-refractivity contribution in [2.75, 3.05) is 13.1 Å². The Kier molecular flexibility index (Phi) is 6.06. The van der Waals surface area contributed by atoms with Crippen molar-refractivity contribution >= 4 is 20.7 Å². The van der Waals surface area contributed by atoms with Gasteiger partial charge in [-0.2, -0.15) is 0 Å². The van der Waals surface area contributed by atoms with Gasteiger partial charge < -0.3 is 14.4 Å².